The fraction of sp³-hybridized carbons (Fsp3) is 0.286. The number of anilines is 1. The van der Waals surface area contributed by atoms with Gasteiger partial charge in [0.15, 0.2) is 5.69 Å². The van der Waals surface area contributed by atoms with E-state index in [1.54, 1.807) is 36.4 Å². The van der Waals surface area contributed by atoms with E-state index < -0.39 is 0 Å². The van der Waals surface area contributed by atoms with Gasteiger partial charge in [0.2, 0.25) is 0 Å². The molecule has 6 heteroatoms. The number of nitrogens with one attached hydrogen (secondary N) is 1. The first-order valence-electron chi connectivity index (χ1n) is 9.08. The van der Waals surface area contributed by atoms with Crippen molar-refractivity contribution in [1.82, 2.24) is 9.78 Å². The summed E-state index contributed by atoms with van der Waals surface area (Å²) < 4.78 is 1.40. The van der Waals surface area contributed by atoms with Crippen LogP contribution in [-0.4, -0.2) is 15.7 Å². The van der Waals surface area contributed by atoms with Gasteiger partial charge >= 0.3 is 0 Å². The molecule has 0 aliphatic carbocycles. The number of rotatable bonds is 6. The maximum Gasteiger partial charge on any atom is 0.276 e. The van der Waals surface area contributed by atoms with Gasteiger partial charge in [-0.15, -0.1) is 0 Å². The molecule has 0 fully saturated rings. The van der Waals surface area contributed by atoms with E-state index in [4.69, 9.17) is 11.6 Å². The Hall–Kier alpha value is -2.66. The van der Waals surface area contributed by atoms with Gasteiger partial charge in [-0.05, 0) is 37.1 Å². The molecule has 1 aromatic heterocycles. The summed E-state index contributed by atoms with van der Waals surface area (Å²) in [5, 5.41) is 8.82. The average Bonchev–Trinajstić information content (AvgIpc) is 2.66. The SMILES string of the molecule is CCCCCn1nc(C(=O)Nc2ccc(C)c(Cl)c2)c2ccccc2c1=O. The Bertz CT molecular complexity index is 1040. The summed E-state index contributed by atoms with van der Waals surface area (Å²) in [4.78, 5) is 25.6. The van der Waals surface area contributed by atoms with Crippen LogP contribution in [0.5, 0.6) is 0 Å². The Morgan fingerprint density at radius 3 is 2.59 bits per heavy atom. The van der Waals surface area contributed by atoms with E-state index in [1.807, 2.05) is 13.0 Å². The van der Waals surface area contributed by atoms with Crippen LogP contribution in [0, 0.1) is 6.92 Å². The first-order chi connectivity index (χ1) is 13.0. The van der Waals surface area contributed by atoms with Crippen LogP contribution in [0.3, 0.4) is 0 Å². The summed E-state index contributed by atoms with van der Waals surface area (Å²) >= 11 is 6.14. The number of aryl methyl sites for hydroxylation is 2. The third kappa shape index (κ3) is 4.19. The highest BCUT2D eigenvalue weighted by Crippen LogP contribution is 2.21. The first kappa shape index (κ1) is 19.1. The monoisotopic (exact) mass is 383 g/mol. The number of carbonyl (C=O) groups excluding carboxylic acids is 1. The Morgan fingerprint density at radius 2 is 1.89 bits per heavy atom. The minimum absolute atomic E-state index is 0.170. The van der Waals surface area contributed by atoms with Crippen LogP contribution in [0.15, 0.2) is 47.3 Å². The van der Waals surface area contributed by atoms with Crippen LogP contribution in [0.2, 0.25) is 5.02 Å². The summed E-state index contributed by atoms with van der Waals surface area (Å²) in [5.74, 6) is -0.365. The van der Waals surface area contributed by atoms with Crippen molar-refractivity contribution in [2.45, 2.75) is 39.7 Å². The predicted molar refractivity (Wildman–Crippen MR) is 110 cm³/mol. The zero-order valence-electron chi connectivity index (χ0n) is 15.5. The maximum atomic E-state index is 12.9. The van der Waals surface area contributed by atoms with Crippen LogP contribution in [0.1, 0.15) is 42.2 Å². The third-order valence-corrected chi connectivity index (χ3v) is 4.89. The Kier molecular flexibility index (Phi) is 5.91. The molecule has 0 spiro atoms. The molecule has 3 aromatic rings. The number of unbranched alkanes of at least 4 members (excludes halogenated alkanes) is 2. The number of aromatic nitrogens is 2. The second kappa shape index (κ2) is 8.35. The second-order valence-electron chi connectivity index (χ2n) is 6.55. The lowest BCUT2D eigenvalue weighted by molar-refractivity contribution is 0.102. The topological polar surface area (TPSA) is 64.0 Å². The molecule has 0 saturated heterocycles. The summed E-state index contributed by atoms with van der Waals surface area (Å²) in [6.45, 7) is 4.49. The molecule has 0 unspecified atom stereocenters. The molecule has 1 amide bonds. The molecule has 0 bridgehead atoms. The molecular weight excluding hydrogens is 362 g/mol. The summed E-state index contributed by atoms with van der Waals surface area (Å²) in [6, 6.07) is 12.4. The highest BCUT2D eigenvalue weighted by atomic mass is 35.5. The molecule has 1 heterocycles. The van der Waals surface area contributed by atoms with Crippen LogP contribution >= 0.6 is 11.6 Å². The largest absolute Gasteiger partial charge is 0.321 e. The molecule has 5 nitrogen and oxygen atoms in total. The van der Waals surface area contributed by atoms with Crippen molar-refractivity contribution in [1.29, 1.82) is 0 Å². The van der Waals surface area contributed by atoms with Gasteiger partial charge in [0.1, 0.15) is 0 Å². The summed E-state index contributed by atoms with van der Waals surface area (Å²) in [6.07, 6.45) is 2.89. The molecule has 0 aliphatic heterocycles. The third-order valence-electron chi connectivity index (χ3n) is 4.49. The zero-order chi connectivity index (χ0) is 19.4. The molecule has 2 aromatic carbocycles. The molecule has 27 heavy (non-hydrogen) atoms. The van der Waals surface area contributed by atoms with Gasteiger partial charge in [-0.1, -0.05) is 55.6 Å². The molecule has 0 radical (unpaired) electrons. The lowest BCUT2D eigenvalue weighted by atomic mass is 10.1. The van der Waals surface area contributed by atoms with E-state index in [0.717, 1.165) is 24.8 Å². The van der Waals surface area contributed by atoms with Gasteiger partial charge in [0.05, 0.1) is 5.39 Å². The Labute approximate surface area is 163 Å². The minimum atomic E-state index is -0.365. The standard InChI is InChI=1S/C21H22ClN3O2/c1-3-4-7-12-25-21(27)17-9-6-5-8-16(17)19(24-25)20(26)23-15-11-10-14(2)18(22)13-15/h5-6,8-11,13H,3-4,7,12H2,1-2H3,(H,23,26). The minimum Gasteiger partial charge on any atom is -0.321 e. The number of fused-ring (bicyclic) bond motifs is 1. The van der Waals surface area contributed by atoms with Crippen LogP contribution < -0.4 is 10.9 Å². The van der Waals surface area contributed by atoms with Crippen LogP contribution in [0.25, 0.3) is 10.8 Å². The van der Waals surface area contributed by atoms with Crippen LogP contribution in [0.4, 0.5) is 5.69 Å². The zero-order valence-corrected chi connectivity index (χ0v) is 16.2. The average molecular weight is 384 g/mol. The van der Waals surface area contributed by atoms with Gasteiger partial charge in [-0.25, -0.2) is 4.68 Å². The van der Waals surface area contributed by atoms with E-state index >= 15 is 0 Å². The number of nitrogens with zero attached hydrogens (tertiary/aromatic N) is 2. The fourth-order valence-corrected chi connectivity index (χ4v) is 3.11. The highest BCUT2D eigenvalue weighted by molar-refractivity contribution is 6.31. The van der Waals surface area contributed by atoms with E-state index in [1.165, 1.54) is 4.68 Å². The van der Waals surface area contributed by atoms with Gasteiger partial charge < -0.3 is 5.32 Å². The fourth-order valence-electron chi connectivity index (χ4n) is 2.93. The summed E-state index contributed by atoms with van der Waals surface area (Å²) in [7, 11) is 0. The molecular formula is C21H22ClN3O2. The molecule has 3 rings (SSSR count). The quantitative estimate of drug-likeness (QED) is 0.622. The lowest BCUT2D eigenvalue weighted by Gasteiger charge is -2.12. The number of hydrogen-bond donors (Lipinski definition) is 1. The van der Waals surface area contributed by atoms with Gasteiger partial charge in [-0.2, -0.15) is 5.10 Å². The molecule has 140 valence electrons. The lowest BCUT2D eigenvalue weighted by Crippen LogP contribution is -2.27. The second-order valence-corrected chi connectivity index (χ2v) is 6.95. The van der Waals surface area contributed by atoms with Crippen molar-refractivity contribution in [2.24, 2.45) is 0 Å². The molecule has 0 atom stereocenters. The van der Waals surface area contributed by atoms with Crippen molar-refractivity contribution in [3.8, 4) is 0 Å². The highest BCUT2D eigenvalue weighted by Gasteiger charge is 2.17. The van der Waals surface area contributed by atoms with Crippen molar-refractivity contribution in [2.75, 3.05) is 5.32 Å². The van der Waals surface area contributed by atoms with E-state index in [-0.39, 0.29) is 17.2 Å². The van der Waals surface area contributed by atoms with Crippen molar-refractivity contribution in [3.05, 3.63) is 69.1 Å². The van der Waals surface area contributed by atoms with E-state index in [0.29, 0.717) is 28.0 Å². The van der Waals surface area contributed by atoms with Crippen LogP contribution in [-0.2, 0) is 6.54 Å². The van der Waals surface area contributed by atoms with Crippen molar-refractivity contribution in [3.63, 3.8) is 0 Å². The van der Waals surface area contributed by atoms with E-state index in [2.05, 4.69) is 17.3 Å². The van der Waals surface area contributed by atoms with Crippen molar-refractivity contribution < 1.29 is 4.79 Å². The summed E-state index contributed by atoms with van der Waals surface area (Å²) in [5.41, 5.74) is 1.59. The molecule has 1 N–H and O–H groups in total. The van der Waals surface area contributed by atoms with Gasteiger partial charge in [0, 0.05) is 22.6 Å². The van der Waals surface area contributed by atoms with Gasteiger partial charge in [-0.3, -0.25) is 9.59 Å². The molecule has 0 saturated carbocycles. The van der Waals surface area contributed by atoms with Gasteiger partial charge in [0.25, 0.3) is 11.5 Å². The maximum absolute atomic E-state index is 12.9. The Morgan fingerprint density at radius 1 is 1.15 bits per heavy atom. The Balaban J connectivity index is 2.00. The number of halogens is 1. The first-order valence-corrected chi connectivity index (χ1v) is 9.46. The predicted octanol–water partition coefficient (Wildman–Crippen LogP) is 4.80. The van der Waals surface area contributed by atoms with Crippen molar-refractivity contribution >= 4 is 34.0 Å². The number of benzene rings is 2. The number of hydrogen-bond acceptors (Lipinski definition) is 3. The smallest absolute Gasteiger partial charge is 0.276 e. The molecule has 0 aliphatic rings. The van der Waals surface area contributed by atoms with E-state index in [9.17, 15) is 9.59 Å². The normalized spacial score (nSPS) is 10.9. The number of carbonyl (C=O) groups is 1. The number of amides is 1.